The zero-order chi connectivity index (χ0) is 23.0. The minimum atomic E-state index is -4.71. The standard InChI is InChI=1S/C22H18ClF3N4O2.ClH/c1-13(2)20-27-8-9-29(20)17-11-16-18(10-15(17)22(24,25)26)30(21(31)19(23)28-16)32-12-14-6-4-3-5-7-14;/h3-11,13H,12H2,1-2H3;1H. The van der Waals surface area contributed by atoms with Gasteiger partial charge in [-0.2, -0.15) is 13.2 Å². The average Bonchev–Trinajstić information content (AvgIpc) is 3.23. The number of halogens is 5. The Morgan fingerprint density at radius 3 is 2.48 bits per heavy atom. The predicted octanol–water partition coefficient (Wildman–Crippen LogP) is 5.43. The van der Waals surface area contributed by atoms with Crippen LogP contribution in [-0.4, -0.2) is 19.3 Å². The molecular weight excluding hydrogens is 480 g/mol. The molecule has 0 amide bonds. The summed E-state index contributed by atoms with van der Waals surface area (Å²) in [5.41, 5.74) is -1.30. The van der Waals surface area contributed by atoms with E-state index in [0.29, 0.717) is 5.82 Å². The zero-order valence-electron chi connectivity index (χ0n) is 17.5. The van der Waals surface area contributed by atoms with Crippen molar-refractivity contribution >= 4 is 35.0 Å². The molecule has 4 aromatic rings. The van der Waals surface area contributed by atoms with E-state index in [0.717, 1.165) is 16.4 Å². The molecule has 0 N–H and O–H groups in total. The highest BCUT2D eigenvalue weighted by Gasteiger charge is 2.36. The first-order valence-corrected chi connectivity index (χ1v) is 10.1. The number of benzene rings is 2. The van der Waals surface area contributed by atoms with Crippen molar-refractivity contribution in [2.45, 2.75) is 32.5 Å². The van der Waals surface area contributed by atoms with Crippen molar-refractivity contribution in [3.8, 4) is 5.69 Å². The monoisotopic (exact) mass is 498 g/mol. The third kappa shape index (κ3) is 4.84. The number of hydrogen-bond donors (Lipinski definition) is 0. The minimum Gasteiger partial charge on any atom is -0.405 e. The van der Waals surface area contributed by atoms with Gasteiger partial charge < -0.3 is 9.40 Å². The van der Waals surface area contributed by atoms with Gasteiger partial charge in [0.1, 0.15) is 17.9 Å². The van der Waals surface area contributed by atoms with Gasteiger partial charge in [-0.05, 0) is 17.7 Å². The molecule has 0 bridgehead atoms. The maximum atomic E-state index is 14.1. The van der Waals surface area contributed by atoms with Crippen LogP contribution in [0.1, 0.15) is 36.7 Å². The molecule has 0 atom stereocenters. The van der Waals surface area contributed by atoms with Gasteiger partial charge in [-0.3, -0.25) is 4.79 Å². The Balaban J connectivity index is 0.00000306. The molecule has 33 heavy (non-hydrogen) atoms. The second kappa shape index (κ2) is 9.44. The fourth-order valence-corrected chi connectivity index (χ4v) is 3.55. The van der Waals surface area contributed by atoms with Crippen LogP contribution in [0.4, 0.5) is 13.2 Å². The Hall–Kier alpha value is -3.04. The van der Waals surface area contributed by atoms with Crippen molar-refractivity contribution in [2.75, 3.05) is 0 Å². The lowest BCUT2D eigenvalue weighted by molar-refractivity contribution is -0.137. The number of rotatable bonds is 5. The Bertz CT molecular complexity index is 1340. The van der Waals surface area contributed by atoms with Gasteiger partial charge in [-0.15, -0.1) is 17.1 Å². The summed E-state index contributed by atoms with van der Waals surface area (Å²) in [5, 5.41) is -0.411. The fraction of sp³-hybridized carbons (Fsp3) is 0.227. The van der Waals surface area contributed by atoms with E-state index >= 15 is 0 Å². The van der Waals surface area contributed by atoms with Gasteiger partial charge in [-0.1, -0.05) is 55.8 Å². The first-order valence-electron chi connectivity index (χ1n) is 9.71. The molecule has 0 saturated carbocycles. The second-order valence-electron chi connectivity index (χ2n) is 7.43. The highest BCUT2D eigenvalue weighted by molar-refractivity contribution is 6.29. The van der Waals surface area contributed by atoms with E-state index in [1.165, 1.54) is 23.0 Å². The molecule has 11 heteroatoms. The third-order valence-electron chi connectivity index (χ3n) is 4.85. The van der Waals surface area contributed by atoms with Gasteiger partial charge in [0.2, 0.25) is 0 Å². The van der Waals surface area contributed by atoms with E-state index < -0.39 is 22.5 Å². The Morgan fingerprint density at radius 2 is 1.85 bits per heavy atom. The number of hydrogen-bond acceptors (Lipinski definition) is 4. The summed E-state index contributed by atoms with van der Waals surface area (Å²) >= 11 is 6.00. The summed E-state index contributed by atoms with van der Waals surface area (Å²) in [6, 6.07) is 11.0. The van der Waals surface area contributed by atoms with E-state index in [4.69, 9.17) is 16.4 Å². The molecule has 2 aromatic carbocycles. The molecule has 4 rings (SSSR count). The van der Waals surface area contributed by atoms with E-state index in [1.54, 1.807) is 24.3 Å². The third-order valence-corrected chi connectivity index (χ3v) is 5.09. The Morgan fingerprint density at radius 1 is 1.15 bits per heavy atom. The van der Waals surface area contributed by atoms with Crippen molar-refractivity contribution in [3.63, 3.8) is 0 Å². The van der Waals surface area contributed by atoms with E-state index in [2.05, 4.69) is 9.97 Å². The van der Waals surface area contributed by atoms with Gasteiger partial charge in [0, 0.05) is 18.3 Å². The molecule has 0 fully saturated rings. The summed E-state index contributed by atoms with van der Waals surface area (Å²) in [5.74, 6) is 0.330. The van der Waals surface area contributed by atoms with Crippen LogP contribution < -0.4 is 10.4 Å². The van der Waals surface area contributed by atoms with Gasteiger partial charge in [0.15, 0.2) is 5.15 Å². The predicted molar refractivity (Wildman–Crippen MR) is 121 cm³/mol. The molecule has 0 aliphatic heterocycles. The first kappa shape index (κ1) is 24.6. The molecule has 0 aliphatic carbocycles. The minimum absolute atomic E-state index is 0. The normalized spacial score (nSPS) is 11.6. The molecule has 6 nitrogen and oxygen atoms in total. The van der Waals surface area contributed by atoms with E-state index in [9.17, 15) is 18.0 Å². The Kier molecular flexibility index (Phi) is 7.04. The number of imidazole rings is 1. The van der Waals surface area contributed by atoms with Crippen molar-refractivity contribution in [3.05, 3.63) is 87.3 Å². The molecule has 0 spiro atoms. The largest absolute Gasteiger partial charge is 0.418 e. The van der Waals surface area contributed by atoms with Crippen LogP contribution in [0.2, 0.25) is 5.15 Å². The van der Waals surface area contributed by atoms with Gasteiger partial charge in [0.05, 0.1) is 16.8 Å². The number of fused-ring (bicyclic) bond motifs is 1. The van der Waals surface area contributed by atoms with Gasteiger partial charge in [-0.25, -0.2) is 9.97 Å². The maximum absolute atomic E-state index is 14.1. The molecule has 0 unspecified atom stereocenters. The molecule has 0 saturated heterocycles. The lowest BCUT2D eigenvalue weighted by Gasteiger charge is -2.19. The topological polar surface area (TPSA) is 61.9 Å². The summed E-state index contributed by atoms with van der Waals surface area (Å²) in [4.78, 5) is 26.3. The maximum Gasteiger partial charge on any atom is 0.418 e. The van der Waals surface area contributed by atoms with Crippen LogP contribution in [0.15, 0.2) is 59.7 Å². The van der Waals surface area contributed by atoms with Crippen LogP contribution in [0.5, 0.6) is 0 Å². The van der Waals surface area contributed by atoms with Crippen LogP contribution in [0.25, 0.3) is 16.7 Å². The first-order chi connectivity index (χ1) is 15.2. The number of nitrogens with zero attached hydrogens (tertiary/aromatic N) is 4. The highest BCUT2D eigenvalue weighted by atomic mass is 35.5. The van der Waals surface area contributed by atoms with Crippen LogP contribution >= 0.6 is 24.0 Å². The summed E-state index contributed by atoms with van der Waals surface area (Å²) in [6.07, 6.45) is -1.82. The molecule has 0 aliphatic rings. The van der Waals surface area contributed by atoms with Crippen molar-refractivity contribution in [1.29, 1.82) is 0 Å². The summed E-state index contributed by atoms with van der Waals surface area (Å²) in [6.45, 7) is 3.62. The van der Waals surface area contributed by atoms with Crippen LogP contribution in [0.3, 0.4) is 0 Å². The lowest BCUT2D eigenvalue weighted by atomic mass is 10.1. The van der Waals surface area contributed by atoms with Crippen LogP contribution in [-0.2, 0) is 12.8 Å². The van der Waals surface area contributed by atoms with Gasteiger partial charge in [0.25, 0.3) is 0 Å². The SMILES string of the molecule is CC(C)c1nccn1-c1cc2nc(Cl)c(=O)n(OCc3ccccc3)c2cc1C(F)(F)F.Cl. The zero-order valence-corrected chi connectivity index (χ0v) is 19.1. The van der Waals surface area contributed by atoms with Gasteiger partial charge >= 0.3 is 11.7 Å². The fourth-order valence-electron chi connectivity index (χ4n) is 3.38. The number of aromatic nitrogens is 4. The van der Waals surface area contributed by atoms with Crippen molar-refractivity contribution < 1.29 is 18.0 Å². The molecular formula is C22H19Cl2F3N4O2. The lowest BCUT2D eigenvalue weighted by Crippen LogP contribution is -2.29. The molecule has 2 heterocycles. The summed E-state index contributed by atoms with van der Waals surface area (Å²) in [7, 11) is 0. The van der Waals surface area contributed by atoms with E-state index in [-0.39, 0.29) is 41.7 Å². The Labute approximate surface area is 198 Å². The quantitative estimate of drug-likeness (QED) is 0.368. The molecule has 174 valence electrons. The summed E-state index contributed by atoms with van der Waals surface area (Å²) < 4.78 is 44.3. The average molecular weight is 499 g/mol. The smallest absolute Gasteiger partial charge is 0.405 e. The van der Waals surface area contributed by atoms with E-state index in [1.807, 2.05) is 19.9 Å². The highest BCUT2D eigenvalue weighted by Crippen LogP contribution is 2.37. The second-order valence-corrected chi connectivity index (χ2v) is 7.79. The molecule has 2 aromatic heterocycles. The van der Waals surface area contributed by atoms with Crippen LogP contribution in [0, 0.1) is 0 Å². The molecule has 0 radical (unpaired) electrons. The van der Waals surface area contributed by atoms with Crippen molar-refractivity contribution in [1.82, 2.24) is 19.3 Å². The number of alkyl halides is 3. The van der Waals surface area contributed by atoms with Crippen molar-refractivity contribution in [2.24, 2.45) is 0 Å².